The van der Waals surface area contributed by atoms with Crippen molar-refractivity contribution >= 4 is 34.7 Å². The topological polar surface area (TPSA) is 50.7 Å². The molecular weight excluding hydrogens is 307 g/mol. The summed E-state index contributed by atoms with van der Waals surface area (Å²) in [4.78, 5) is 4.06. The molecule has 3 rings (SSSR count). The minimum atomic E-state index is 0.456. The van der Waals surface area contributed by atoms with E-state index in [1.165, 1.54) is 0 Å². The minimum Gasteiger partial charge on any atom is -0.337 e. The number of anilines is 2. The Kier molecular flexibility index (Phi) is 3.99. The molecule has 0 fully saturated rings. The molecule has 0 spiro atoms. The van der Waals surface area contributed by atoms with E-state index in [0.29, 0.717) is 21.6 Å². The first-order valence-electron chi connectivity index (χ1n) is 6.19. The van der Waals surface area contributed by atoms with Crippen LogP contribution < -0.4 is 5.32 Å². The largest absolute Gasteiger partial charge is 0.337 e. The third-order valence-corrected chi connectivity index (χ3v) is 3.66. The number of nitrogens with one attached hydrogen (secondary N) is 1. The van der Waals surface area contributed by atoms with Gasteiger partial charge in [0.15, 0.2) is 5.82 Å². The van der Waals surface area contributed by atoms with Crippen molar-refractivity contribution in [2.24, 2.45) is 0 Å². The van der Waals surface area contributed by atoms with E-state index in [-0.39, 0.29) is 0 Å². The van der Waals surface area contributed by atoms with Gasteiger partial charge in [-0.15, -0.1) is 10.2 Å². The van der Waals surface area contributed by atoms with Crippen LogP contribution in [-0.2, 0) is 0 Å². The highest BCUT2D eigenvalue weighted by atomic mass is 35.5. The molecule has 0 saturated carbocycles. The lowest BCUT2D eigenvalue weighted by molar-refractivity contribution is 1.04. The molecular formula is C15H10Cl2N4. The van der Waals surface area contributed by atoms with Gasteiger partial charge in [-0.05, 0) is 36.4 Å². The van der Waals surface area contributed by atoms with Crippen molar-refractivity contribution in [2.45, 2.75) is 0 Å². The van der Waals surface area contributed by atoms with Crippen LogP contribution in [0.2, 0.25) is 10.0 Å². The molecule has 0 unspecified atom stereocenters. The number of benzene rings is 1. The molecule has 104 valence electrons. The molecule has 0 atom stereocenters. The normalized spacial score (nSPS) is 10.4. The third kappa shape index (κ3) is 3.12. The number of halogens is 2. The van der Waals surface area contributed by atoms with Gasteiger partial charge >= 0.3 is 0 Å². The van der Waals surface area contributed by atoms with E-state index in [4.69, 9.17) is 23.2 Å². The molecule has 2 aromatic heterocycles. The van der Waals surface area contributed by atoms with Crippen LogP contribution in [0.4, 0.5) is 11.5 Å². The van der Waals surface area contributed by atoms with E-state index >= 15 is 0 Å². The van der Waals surface area contributed by atoms with E-state index in [1.54, 1.807) is 18.5 Å². The predicted molar refractivity (Wildman–Crippen MR) is 85.0 cm³/mol. The molecule has 0 amide bonds. The van der Waals surface area contributed by atoms with Gasteiger partial charge in [0.1, 0.15) is 0 Å². The Balaban J connectivity index is 1.83. The van der Waals surface area contributed by atoms with Gasteiger partial charge in [-0.3, -0.25) is 4.98 Å². The summed E-state index contributed by atoms with van der Waals surface area (Å²) in [6.07, 6.45) is 3.46. The van der Waals surface area contributed by atoms with Crippen LogP contribution >= 0.6 is 23.2 Å². The molecule has 2 heterocycles. The van der Waals surface area contributed by atoms with Gasteiger partial charge in [0.2, 0.25) is 0 Å². The second-order valence-corrected chi connectivity index (χ2v) is 5.06. The molecule has 21 heavy (non-hydrogen) atoms. The molecule has 6 heteroatoms. The Labute approximate surface area is 131 Å². The van der Waals surface area contributed by atoms with Crippen LogP contribution in [0.1, 0.15) is 0 Å². The Bertz CT molecular complexity index is 745. The first-order valence-corrected chi connectivity index (χ1v) is 6.95. The number of rotatable bonds is 3. The van der Waals surface area contributed by atoms with Crippen LogP contribution in [-0.4, -0.2) is 15.2 Å². The molecule has 0 bridgehead atoms. The summed E-state index contributed by atoms with van der Waals surface area (Å²) in [5.74, 6) is 0.590. The zero-order chi connectivity index (χ0) is 14.7. The summed E-state index contributed by atoms with van der Waals surface area (Å²) in [5, 5.41) is 12.3. The summed E-state index contributed by atoms with van der Waals surface area (Å²) in [7, 11) is 0. The second kappa shape index (κ2) is 6.08. The van der Waals surface area contributed by atoms with Crippen LogP contribution in [0, 0.1) is 0 Å². The van der Waals surface area contributed by atoms with Crippen molar-refractivity contribution in [3.63, 3.8) is 0 Å². The molecule has 0 aliphatic carbocycles. The molecule has 4 nitrogen and oxygen atoms in total. The number of hydrogen-bond donors (Lipinski definition) is 1. The SMILES string of the molecule is Clc1cccc(Nc2ccc(-c3cccnc3)nn2)c1Cl. The van der Waals surface area contributed by atoms with Crippen molar-refractivity contribution in [1.82, 2.24) is 15.2 Å². The number of pyridine rings is 1. The maximum Gasteiger partial charge on any atom is 0.153 e. The quantitative estimate of drug-likeness (QED) is 0.767. The van der Waals surface area contributed by atoms with E-state index in [9.17, 15) is 0 Å². The maximum absolute atomic E-state index is 6.12. The lowest BCUT2D eigenvalue weighted by Gasteiger charge is -2.08. The summed E-state index contributed by atoms with van der Waals surface area (Å²) < 4.78 is 0. The molecule has 0 saturated heterocycles. The third-order valence-electron chi connectivity index (χ3n) is 2.84. The lowest BCUT2D eigenvalue weighted by atomic mass is 10.2. The summed E-state index contributed by atoms with van der Waals surface area (Å²) >= 11 is 12.1. The molecule has 3 aromatic rings. The fourth-order valence-electron chi connectivity index (χ4n) is 1.81. The van der Waals surface area contributed by atoms with Gasteiger partial charge in [-0.2, -0.15) is 0 Å². The van der Waals surface area contributed by atoms with Gasteiger partial charge in [0.25, 0.3) is 0 Å². The summed E-state index contributed by atoms with van der Waals surface area (Å²) in [6, 6.07) is 12.8. The Morgan fingerprint density at radius 2 is 1.81 bits per heavy atom. The van der Waals surface area contributed by atoms with Gasteiger partial charge < -0.3 is 5.32 Å². The molecule has 0 aliphatic heterocycles. The fourth-order valence-corrected chi connectivity index (χ4v) is 2.15. The van der Waals surface area contributed by atoms with E-state index in [0.717, 1.165) is 11.3 Å². The fraction of sp³-hybridized carbons (Fsp3) is 0. The van der Waals surface area contributed by atoms with Gasteiger partial charge in [0.05, 0.1) is 21.4 Å². The van der Waals surface area contributed by atoms with E-state index in [2.05, 4.69) is 20.5 Å². The zero-order valence-electron chi connectivity index (χ0n) is 10.8. The minimum absolute atomic E-state index is 0.456. The van der Waals surface area contributed by atoms with E-state index in [1.807, 2.05) is 36.4 Å². The van der Waals surface area contributed by atoms with Crippen molar-refractivity contribution in [1.29, 1.82) is 0 Å². The van der Waals surface area contributed by atoms with Crippen LogP contribution in [0.25, 0.3) is 11.3 Å². The first kappa shape index (κ1) is 13.8. The smallest absolute Gasteiger partial charge is 0.153 e. The first-order chi connectivity index (χ1) is 10.2. The van der Waals surface area contributed by atoms with Crippen molar-refractivity contribution in [3.8, 4) is 11.3 Å². The van der Waals surface area contributed by atoms with Crippen molar-refractivity contribution < 1.29 is 0 Å². The predicted octanol–water partition coefficient (Wildman–Crippen LogP) is 4.59. The monoisotopic (exact) mass is 316 g/mol. The maximum atomic E-state index is 6.12. The standard InChI is InChI=1S/C15H10Cl2N4/c16-11-4-1-5-13(15(11)17)19-14-7-6-12(20-21-14)10-3-2-8-18-9-10/h1-9H,(H,19,21). The van der Waals surface area contributed by atoms with Gasteiger partial charge in [-0.25, -0.2) is 0 Å². The highest BCUT2D eigenvalue weighted by Gasteiger charge is 2.06. The molecule has 0 aliphatic rings. The Morgan fingerprint density at radius 1 is 0.905 bits per heavy atom. The highest BCUT2D eigenvalue weighted by Crippen LogP contribution is 2.31. The molecule has 1 aromatic carbocycles. The average molecular weight is 317 g/mol. The van der Waals surface area contributed by atoms with Crippen LogP contribution in [0.5, 0.6) is 0 Å². The Hall–Kier alpha value is -2.17. The number of nitrogens with zero attached hydrogens (tertiary/aromatic N) is 3. The number of aromatic nitrogens is 3. The Morgan fingerprint density at radius 3 is 2.52 bits per heavy atom. The van der Waals surface area contributed by atoms with E-state index < -0.39 is 0 Å². The summed E-state index contributed by atoms with van der Waals surface area (Å²) in [6.45, 7) is 0. The van der Waals surface area contributed by atoms with Crippen molar-refractivity contribution in [2.75, 3.05) is 5.32 Å². The molecule has 0 radical (unpaired) electrons. The second-order valence-electron chi connectivity index (χ2n) is 4.27. The van der Waals surface area contributed by atoms with Gasteiger partial charge in [-0.1, -0.05) is 29.3 Å². The number of hydrogen-bond acceptors (Lipinski definition) is 4. The van der Waals surface area contributed by atoms with Gasteiger partial charge in [0, 0.05) is 18.0 Å². The van der Waals surface area contributed by atoms with Crippen molar-refractivity contribution in [3.05, 3.63) is 64.9 Å². The highest BCUT2D eigenvalue weighted by molar-refractivity contribution is 6.43. The lowest BCUT2D eigenvalue weighted by Crippen LogP contribution is -1.97. The zero-order valence-corrected chi connectivity index (χ0v) is 12.3. The van der Waals surface area contributed by atoms with Crippen LogP contribution in [0.3, 0.4) is 0 Å². The molecule has 1 N–H and O–H groups in total. The summed E-state index contributed by atoms with van der Waals surface area (Å²) in [5.41, 5.74) is 2.36. The van der Waals surface area contributed by atoms with Crippen LogP contribution in [0.15, 0.2) is 54.9 Å². The average Bonchev–Trinajstić information content (AvgIpc) is 2.53.